The molecule has 0 unspecified atom stereocenters. The van der Waals surface area contributed by atoms with Crippen LogP contribution in [0.3, 0.4) is 0 Å². The van der Waals surface area contributed by atoms with Gasteiger partial charge in [-0.15, -0.1) is 24.0 Å². The highest BCUT2D eigenvalue weighted by atomic mass is 127. The number of rotatable bonds is 8. The standard InChI is InChI=1S/C13H27N3O.HI/c1-2-3-9-15-13(14)16-10-6-11-17-12-7-4-5-8-12;/h12H,2-11H2,1H3,(H3,14,15,16);1H. The van der Waals surface area contributed by atoms with E-state index in [2.05, 4.69) is 17.2 Å². The second-order valence-corrected chi connectivity index (χ2v) is 4.68. The Labute approximate surface area is 128 Å². The molecule has 18 heavy (non-hydrogen) atoms. The summed E-state index contributed by atoms with van der Waals surface area (Å²) in [5, 5.41) is 3.10. The molecule has 1 rings (SSSR count). The Bertz CT molecular complexity index is 218. The van der Waals surface area contributed by atoms with Gasteiger partial charge in [0.05, 0.1) is 6.10 Å². The summed E-state index contributed by atoms with van der Waals surface area (Å²) in [7, 11) is 0. The van der Waals surface area contributed by atoms with Crippen LogP contribution in [0.15, 0.2) is 4.99 Å². The van der Waals surface area contributed by atoms with Crippen molar-refractivity contribution >= 4 is 29.9 Å². The molecule has 1 fully saturated rings. The lowest BCUT2D eigenvalue weighted by atomic mass is 10.3. The molecule has 0 spiro atoms. The second-order valence-electron chi connectivity index (χ2n) is 4.68. The maximum Gasteiger partial charge on any atom is 0.188 e. The van der Waals surface area contributed by atoms with Crippen molar-refractivity contribution in [1.82, 2.24) is 5.32 Å². The first-order valence-corrected chi connectivity index (χ1v) is 6.98. The SMILES string of the molecule is CCCCNC(N)=NCCCOC1CCCC1.I. The maximum atomic E-state index is 5.75. The third-order valence-electron chi connectivity index (χ3n) is 3.08. The number of guanidine groups is 1. The van der Waals surface area contributed by atoms with E-state index in [9.17, 15) is 0 Å². The molecule has 0 aliphatic heterocycles. The van der Waals surface area contributed by atoms with Crippen LogP contribution in [0.5, 0.6) is 0 Å². The molecule has 0 aromatic carbocycles. The third-order valence-corrected chi connectivity index (χ3v) is 3.08. The third kappa shape index (κ3) is 8.97. The molecule has 0 bridgehead atoms. The number of nitrogens with one attached hydrogen (secondary N) is 1. The molecule has 0 aromatic heterocycles. The van der Waals surface area contributed by atoms with E-state index in [-0.39, 0.29) is 24.0 Å². The molecule has 108 valence electrons. The Balaban J connectivity index is 0.00000289. The van der Waals surface area contributed by atoms with Crippen molar-refractivity contribution in [3.05, 3.63) is 0 Å². The zero-order valence-corrected chi connectivity index (χ0v) is 13.8. The number of nitrogens with two attached hydrogens (primary N) is 1. The fourth-order valence-corrected chi connectivity index (χ4v) is 2.02. The highest BCUT2D eigenvalue weighted by Crippen LogP contribution is 2.20. The molecule has 3 N–H and O–H groups in total. The first-order chi connectivity index (χ1) is 8.33. The van der Waals surface area contributed by atoms with Crippen molar-refractivity contribution < 1.29 is 4.74 Å². The number of ether oxygens (including phenoxy) is 1. The lowest BCUT2D eigenvalue weighted by Crippen LogP contribution is -2.32. The molecule has 0 heterocycles. The summed E-state index contributed by atoms with van der Waals surface area (Å²) in [5.74, 6) is 0.569. The molecule has 0 aromatic rings. The van der Waals surface area contributed by atoms with Gasteiger partial charge in [-0.1, -0.05) is 26.2 Å². The topological polar surface area (TPSA) is 59.6 Å². The van der Waals surface area contributed by atoms with Crippen LogP contribution in [0.25, 0.3) is 0 Å². The van der Waals surface area contributed by atoms with Crippen LogP contribution < -0.4 is 11.1 Å². The highest BCUT2D eigenvalue weighted by Gasteiger charge is 2.14. The number of aliphatic imine (C=N–C) groups is 1. The predicted molar refractivity (Wildman–Crippen MR) is 87.6 cm³/mol. The first-order valence-electron chi connectivity index (χ1n) is 6.98. The average molecular weight is 369 g/mol. The van der Waals surface area contributed by atoms with Crippen LogP contribution in [0.1, 0.15) is 51.9 Å². The fourth-order valence-electron chi connectivity index (χ4n) is 2.02. The van der Waals surface area contributed by atoms with E-state index in [1.165, 1.54) is 32.1 Å². The van der Waals surface area contributed by atoms with Crippen molar-refractivity contribution in [3.63, 3.8) is 0 Å². The van der Waals surface area contributed by atoms with Crippen LogP contribution >= 0.6 is 24.0 Å². The summed E-state index contributed by atoms with van der Waals surface area (Å²) in [5.41, 5.74) is 5.72. The van der Waals surface area contributed by atoms with Crippen molar-refractivity contribution in [1.29, 1.82) is 0 Å². The van der Waals surface area contributed by atoms with Crippen LogP contribution in [-0.4, -0.2) is 31.8 Å². The molecule has 4 nitrogen and oxygen atoms in total. The zero-order chi connectivity index (χ0) is 12.3. The molecular formula is C13H28IN3O. The van der Waals surface area contributed by atoms with Gasteiger partial charge in [-0.2, -0.15) is 0 Å². The summed E-state index contributed by atoms with van der Waals surface area (Å²) in [4.78, 5) is 4.26. The summed E-state index contributed by atoms with van der Waals surface area (Å²) in [6, 6.07) is 0. The molecule has 0 radical (unpaired) electrons. The minimum absolute atomic E-state index is 0. The lowest BCUT2D eigenvalue weighted by Gasteiger charge is -2.10. The van der Waals surface area contributed by atoms with Crippen molar-refractivity contribution in [2.45, 2.75) is 58.0 Å². The molecule has 1 aliphatic rings. The van der Waals surface area contributed by atoms with E-state index < -0.39 is 0 Å². The Hall–Kier alpha value is -0.0400. The van der Waals surface area contributed by atoms with Gasteiger partial charge in [-0.05, 0) is 25.7 Å². The van der Waals surface area contributed by atoms with E-state index >= 15 is 0 Å². The summed E-state index contributed by atoms with van der Waals surface area (Å²) >= 11 is 0. The fraction of sp³-hybridized carbons (Fsp3) is 0.923. The number of unbranched alkanes of at least 4 members (excludes halogenated alkanes) is 1. The lowest BCUT2D eigenvalue weighted by molar-refractivity contribution is 0.0579. The van der Waals surface area contributed by atoms with Gasteiger partial charge in [0.25, 0.3) is 0 Å². The van der Waals surface area contributed by atoms with Crippen LogP contribution in [-0.2, 0) is 4.74 Å². The Morgan fingerprint density at radius 1 is 1.33 bits per heavy atom. The van der Waals surface area contributed by atoms with Gasteiger partial charge in [0, 0.05) is 19.7 Å². The molecule has 1 aliphatic carbocycles. The molecular weight excluding hydrogens is 341 g/mol. The average Bonchev–Trinajstić information content (AvgIpc) is 2.82. The van der Waals surface area contributed by atoms with E-state index in [1.54, 1.807) is 0 Å². The Kier molecular flexibility index (Phi) is 12.0. The molecule has 0 amide bonds. The van der Waals surface area contributed by atoms with E-state index in [0.717, 1.165) is 32.5 Å². The second kappa shape index (κ2) is 12.0. The quantitative estimate of drug-likeness (QED) is 0.299. The summed E-state index contributed by atoms with van der Waals surface area (Å²) < 4.78 is 5.75. The normalized spacial score (nSPS) is 16.6. The van der Waals surface area contributed by atoms with Gasteiger partial charge in [0.15, 0.2) is 5.96 Å². The van der Waals surface area contributed by atoms with Gasteiger partial charge in [0.2, 0.25) is 0 Å². The zero-order valence-electron chi connectivity index (χ0n) is 11.5. The van der Waals surface area contributed by atoms with Gasteiger partial charge in [-0.25, -0.2) is 0 Å². The minimum Gasteiger partial charge on any atom is -0.378 e. The van der Waals surface area contributed by atoms with E-state index in [4.69, 9.17) is 10.5 Å². The number of hydrogen-bond donors (Lipinski definition) is 2. The first kappa shape index (κ1) is 18.0. The van der Waals surface area contributed by atoms with E-state index in [0.29, 0.717) is 12.1 Å². The molecule has 1 saturated carbocycles. The Morgan fingerprint density at radius 2 is 2.06 bits per heavy atom. The van der Waals surface area contributed by atoms with E-state index in [1.807, 2.05) is 0 Å². The summed E-state index contributed by atoms with van der Waals surface area (Å²) in [6.45, 7) is 4.66. The summed E-state index contributed by atoms with van der Waals surface area (Å²) in [6.07, 6.45) is 8.93. The number of hydrogen-bond acceptors (Lipinski definition) is 2. The maximum absolute atomic E-state index is 5.75. The van der Waals surface area contributed by atoms with Crippen molar-refractivity contribution in [3.8, 4) is 0 Å². The molecule has 0 atom stereocenters. The van der Waals surface area contributed by atoms with Crippen LogP contribution in [0.2, 0.25) is 0 Å². The minimum atomic E-state index is 0. The van der Waals surface area contributed by atoms with Crippen molar-refractivity contribution in [2.75, 3.05) is 19.7 Å². The number of halogens is 1. The molecule has 0 saturated heterocycles. The smallest absolute Gasteiger partial charge is 0.188 e. The number of nitrogens with zero attached hydrogens (tertiary/aromatic N) is 1. The van der Waals surface area contributed by atoms with Gasteiger partial charge >= 0.3 is 0 Å². The highest BCUT2D eigenvalue weighted by molar-refractivity contribution is 14.0. The van der Waals surface area contributed by atoms with Crippen LogP contribution in [0, 0.1) is 0 Å². The monoisotopic (exact) mass is 369 g/mol. The van der Waals surface area contributed by atoms with Gasteiger partial charge < -0.3 is 15.8 Å². The van der Waals surface area contributed by atoms with Crippen LogP contribution in [0.4, 0.5) is 0 Å². The Morgan fingerprint density at radius 3 is 2.72 bits per heavy atom. The predicted octanol–water partition coefficient (Wildman–Crippen LogP) is 2.66. The largest absolute Gasteiger partial charge is 0.378 e. The van der Waals surface area contributed by atoms with Crippen molar-refractivity contribution in [2.24, 2.45) is 10.7 Å². The van der Waals surface area contributed by atoms with Gasteiger partial charge in [0.1, 0.15) is 0 Å². The van der Waals surface area contributed by atoms with Gasteiger partial charge in [-0.3, -0.25) is 4.99 Å². The molecule has 5 heteroatoms.